The number of benzene rings is 3. The Morgan fingerprint density at radius 3 is 2.43 bits per heavy atom. The predicted octanol–water partition coefficient (Wildman–Crippen LogP) is 4.56. The zero-order chi connectivity index (χ0) is 20.9. The fraction of sp³-hybridized carbons (Fsp3) is 0.231. The van der Waals surface area contributed by atoms with Crippen LogP contribution in [0.25, 0.3) is 0 Å². The lowest BCUT2D eigenvalue weighted by atomic mass is 9.98. The van der Waals surface area contributed by atoms with Crippen molar-refractivity contribution in [3.8, 4) is 0 Å². The summed E-state index contributed by atoms with van der Waals surface area (Å²) in [6.45, 7) is 3.30. The van der Waals surface area contributed by atoms with E-state index < -0.39 is 0 Å². The van der Waals surface area contributed by atoms with E-state index in [0.29, 0.717) is 24.2 Å². The van der Waals surface area contributed by atoms with Crippen molar-refractivity contribution in [3.05, 3.63) is 101 Å². The maximum atomic E-state index is 13.0. The summed E-state index contributed by atoms with van der Waals surface area (Å²) in [5, 5.41) is 3.00. The third-order valence-corrected chi connectivity index (χ3v) is 5.55. The van der Waals surface area contributed by atoms with Gasteiger partial charge in [-0.3, -0.25) is 9.59 Å². The average molecular weight is 399 g/mol. The van der Waals surface area contributed by atoms with Gasteiger partial charge in [0.25, 0.3) is 11.8 Å². The highest BCUT2D eigenvalue weighted by Crippen LogP contribution is 2.29. The minimum atomic E-state index is -0.0734. The molecule has 0 radical (unpaired) electrons. The molecular weight excluding hydrogens is 372 g/mol. The summed E-state index contributed by atoms with van der Waals surface area (Å²) in [5.41, 5.74) is 5.63. The van der Waals surface area contributed by atoms with Gasteiger partial charge < -0.3 is 10.2 Å². The van der Waals surface area contributed by atoms with Crippen molar-refractivity contribution in [2.24, 2.45) is 0 Å². The Kier molecular flexibility index (Phi) is 5.94. The van der Waals surface area contributed by atoms with Crippen LogP contribution in [0.5, 0.6) is 0 Å². The van der Waals surface area contributed by atoms with Gasteiger partial charge in [0.05, 0.1) is 0 Å². The summed E-state index contributed by atoms with van der Waals surface area (Å²) in [5.74, 6) is -0.0632. The number of carbonyl (C=O) groups excluding carboxylic acids is 2. The Hall–Kier alpha value is -3.40. The molecule has 3 aromatic rings. The number of hydrogen-bond donors (Lipinski definition) is 1. The van der Waals surface area contributed by atoms with E-state index in [0.717, 1.165) is 36.1 Å². The van der Waals surface area contributed by atoms with E-state index in [4.69, 9.17) is 0 Å². The summed E-state index contributed by atoms with van der Waals surface area (Å²) in [6, 6.07) is 23.4. The molecule has 4 rings (SSSR count). The van der Waals surface area contributed by atoms with Crippen LogP contribution in [0.3, 0.4) is 0 Å². The third kappa shape index (κ3) is 4.43. The highest BCUT2D eigenvalue weighted by molar-refractivity contribution is 6.07. The van der Waals surface area contributed by atoms with Gasteiger partial charge in [0.15, 0.2) is 0 Å². The highest BCUT2D eigenvalue weighted by Gasteiger charge is 2.24. The first-order chi connectivity index (χ1) is 14.6. The molecule has 4 nitrogen and oxygen atoms in total. The van der Waals surface area contributed by atoms with E-state index in [1.807, 2.05) is 72.5 Å². The molecule has 0 aliphatic carbocycles. The lowest BCUT2D eigenvalue weighted by molar-refractivity contribution is 0.0953. The minimum absolute atomic E-state index is 0.0102. The van der Waals surface area contributed by atoms with Crippen molar-refractivity contribution < 1.29 is 9.59 Å². The number of carbonyl (C=O) groups is 2. The van der Waals surface area contributed by atoms with Crippen molar-refractivity contribution >= 4 is 17.5 Å². The Bertz CT molecular complexity index is 1040. The monoisotopic (exact) mass is 398 g/mol. The standard InChI is InChI=1S/C26H26N2O2/c1-19-9-11-21(12-10-19)26(30)28-17-5-8-22-18-23(13-14-24(22)28)25(29)27-16-15-20-6-3-2-4-7-20/h2-4,6-7,9-14,18H,5,8,15-17H2,1H3,(H,27,29). The summed E-state index contributed by atoms with van der Waals surface area (Å²) >= 11 is 0. The molecular formula is C26H26N2O2. The van der Waals surface area contributed by atoms with Crippen LogP contribution in [-0.2, 0) is 12.8 Å². The van der Waals surface area contributed by atoms with Gasteiger partial charge in [-0.1, -0.05) is 48.0 Å². The van der Waals surface area contributed by atoms with Gasteiger partial charge in [-0.2, -0.15) is 0 Å². The smallest absolute Gasteiger partial charge is 0.258 e. The zero-order valence-electron chi connectivity index (χ0n) is 17.2. The predicted molar refractivity (Wildman–Crippen MR) is 120 cm³/mol. The number of anilines is 1. The Morgan fingerprint density at radius 1 is 0.933 bits per heavy atom. The molecule has 3 aromatic carbocycles. The number of nitrogens with one attached hydrogen (secondary N) is 1. The van der Waals surface area contributed by atoms with Crippen LogP contribution in [0.2, 0.25) is 0 Å². The number of hydrogen-bond acceptors (Lipinski definition) is 2. The average Bonchev–Trinajstić information content (AvgIpc) is 2.79. The van der Waals surface area contributed by atoms with E-state index in [-0.39, 0.29) is 11.8 Å². The highest BCUT2D eigenvalue weighted by atomic mass is 16.2. The van der Waals surface area contributed by atoms with Gasteiger partial charge in [0.2, 0.25) is 0 Å². The van der Waals surface area contributed by atoms with Gasteiger partial charge in [-0.25, -0.2) is 0 Å². The first-order valence-electron chi connectivity index (χ1n) is 10.5. The van der Waals surface area contributed by atoms with Gasteiger partial charge in [-0.15, -0.1) is 0 Å². The number of fused-ring (bicyclic) bond motifs is 1. The van der Waals surface area contributed by atoms with Gasteiger partial charge in [0.1, 0.15) is 0 Å². The van der Waals surface area contributed by atoms with E-state index in [1.165, 1.54) is 5.56 Å². The molecule has 4 heteroatoms. The molecule has 1 heterocycles. The molecule has 0 fully saturated rings. The van der Waals surface area contributed by atoms with Crippen molar-refractivity contribution in [1.29, 1.82) is 0 Å². The largest absolute Gasteiger partial charge is 0.352 e. The van der Waals surface area contributed by atoms with E-state index in [9.17, 15) is 9.59 Å². The van der Waals surface area contributed by atoms with Crippen LogP contribution in [-0.4, -0.2) is 24.9 Å². The fourth-order valence-electron chi connectivity index (χ4n) is 3.87. The van der Waals surface area contributed by atoms with Gasteiger partial charge in [-0.05, 0) is 67.6 Å². The molecule has 0 unspecified atom stereocenters. The lowest BCUT2D eigenvalue weighted by Gasteiger charge is -2.30. The fourth-order valence-corrected chi connectivity index (χ4v) is 3.87. The van der Waals surface area contributed by atoms with Crippen molar-refractivity contribution in [1.82, 2.24) is 5.32 Å². The van der Waals surface area contributed by atoms with Crippen molar-refractivity contribution in [2.45, 2.75) is 26.2 Å². The number of nitrogens with zero attached hydrogens (tertiary/aromatic N) is 1. The second-order valence-electron chi connectivity index (χ2n) is 7.76. The van der Waals surface area contributed by atoms with E-state index in [2.05, 4.69) is 17.4 Å². The van der Waals surface area contributed by atoms with Crippen LogP contribution >= 0.6 is 0 Å². The second-order valence-corrected chi connectivity index (χ2v) is 7.76. The molecule has 2 amide bonds. The molecule has 0 saturated carbocycles. The van der Waals surface area contributed by atoms with E-state index in [1.54, 1.807) is 0 Å². The maximum absolute atomic E-state index is 13.0. The molecule has 0 atom stereocenters. The summed E-state index contributed by atoms with van der Waals surface area (Å²) in [6.07, 6.45) is 2.57. The molecule has 152 valence electrons. The van der Waals surface area contributed by atoms with Crippen molar-refractivity contribution in [2.75, 3.05) is 18.0 Å². The third-order valence-electron chi connectivity index (χ3n) is 5.55. The zero-order valence-corrected chi connectivity index (χ0v) is 17.2. The van der Waals surface area contributed by atoms with E-state index >= 15 is 0 Å². The Morgan fingerprint density at radius 2 is 1.67 bits per heavy atom. The Labute approximate surface area is 177 Å². The molecule has 30 heavy (non-hydrogen) atoms. The SMILES string of the molecule is Cc1ccc(C(=O)N2CCCc3cc(C(=O)NCCc4ccccc4)ccc32)cc1. The first kappa shape index (κ1) is 19.9. The number of amides is 2. The van der Waals surface area contributed by atoms with Crippen molar-refractivity contribution in [3.63, 3.8) is 0 Å². The van der Waals surface area contributed by atoms with Crippen LogP contribution in [0.4, 0.5) is 5.69 Å². The number of aryl methyl sites for hydroxylation is 2. The van der Waals surface area contributed by atoms with Gasteiger partial charge in [0, 0.05) is 29.9 Å². The second kappa shape index (κ2) is 8.95. The normalized spacial score (nSPS) is 12.9. The number of rotatable bonds is 5. The van der Waals surface area contributed by atoms with Crippen LogP contribution in [0.15, 0.2) is 72.8 Å². The molecule has 1 N–H and O–H groups in total. The quantitative estimate of drug-likeness (QED) is 0.685. The summed E-state index contributed by atoms with van der Waals surface area (Å²) in [7, 11) is 0. The lowest BCUT2D eigenvalue weighted by Crippen LogP contribution is -2.35. The molecule has 0 saturated heterocycles. The molecule has 0 spiro atoms. The van der Waals surface area contributed by atoms with Crippen LogP contribution in [0, 0.1) is 6.92 Å². The minimum Gasteiger partial charge on any atom is -0.352 e. The Balaban J connectivity index is 1.45. The molecule has 1 aliphatic heterocycles. The first-order valence-corrected chi connectivity index (χ1v) is 10.5. The van der Waals surface area contributed by atoms with Crippen LogP contribution < -0.4 is 10.2 Å². The maximum Gasteiger partial charge on any atom is 0.258 e. The van der Waals surface area contributed by atoms with Crippen LogP contribution in [0.1, 0.15) is 43.8 Å². The molecule has 1 aliphatic rings. The molecule has 0 bridgehead atoms. The topological polar surface area (TPSA) is 49.4 Å². The summed E-state index contributed by atoms with van der Waals surface area (Å²) < 4.78 is 0. The molecule has 0 aromatic heterocycles. The van der Waals surface area contributed by atoms with Gasteiger partial charge >= 0.3 is 0 Å². The summed E-state index contributed by atoms with van der Waals surface area (Å²) in [4.78, 5) is 27.4.